The van der Waals surface area contributed by atoms with Crippen LogP contribution in [-0.2, 0) is 21.4 Å². The van der Waals surface area contributed by atoms with E-state index in [4.69, 9.17) is 0 Å². The van der Waals surface area contributed by atoms with Gasteiger partial charge in [0, 0.05) is 18.8 Å². The first-order chi connectivity index (χ1) is 12.8. The largest absolute Gasteiger partial charge is 0.326 e. The first kappa shape index (κ1) is 18.6. The van der Waals surface area contributed by atoms with Crippen molar-refractivity contribution >= 4 is 27.3 Å². The topological polar surface area (TPSA) is 93.1 Å². The molecule has 0 aliphatic heterocycles. The van der Waals surface area contributed by atoms with Crippen molar-refractivity contribution in [2.75, 3.05) is 10.0 Å². The number of nitrogens with zero attached hydrogens (tertiary/aromatic N) is 2. The Bertz CT molecular complexity index is 1040. The van der Waals surface area contributed by atoms with Gasteiger partial charge in [0.15, 0.2) is 0 Å². The van der Waals surface area contributed by atoms with Gasteiger partial charge in [-0.2, -0.15) is 5.10 Å². The van der Waals surface area contributed by atoms with E-state index in [9.17, 15) is 17.6 Å². The molecule has 0 bridgehead atoms. The molecule has 0 saturated carbocycles. The van der Waals surface area contributed by atoms with Gasteiger partial charge in [0.25, 0.3) is 10.0 Å². The average Bonchev–Trinajstić information content (AvgIpc) is 3.03. The molecule has 2 N–H and O–H groups in total. The second-order valence-electron chi connectivity index (χ2n) is 5.86. The van der Waals surface area contributed by atoms with E-state index in [2.05, 4.69) is 15.1 Å². The van der Waals surface area contributed by atoms with Gasteiger partial charge in [-0.15, -0.1) is 0 Å². The van der Waals surface area contributed by atoms with Gasteiger partial charge in [0.2, 0.25) is 5.91 Å². The summed E-state index contributed by atoms with van der Waals surface area (Å²) in [6.45, 7) is 1.75. The van der Waals surface area contributed by atoms with Crippen molar-refractivity contribution in [1.29, 1.82) is 0 Å². The van der Waals surface area contributed by atoms with Crippen LogP contribution < -0.4 is 10.0 Å². The van der Waals surface area contributed by atoms with E-state index in [1.807, 2.05) is 0 Å². The van der Waals surface area contributed by atoms with Crippen molar-refractivity contribution in [3.05, 3.63) is 72.3 Å². The van der Waals surface area contributed by atoms with Crippen LogP contribution in [0.5, 0.6) is 0 Å². The van der Waals surface area contributed by atoms with E-state index in [1.54, 1.807) is 23.0 Å². The van der Waals surface area contributed by atoms with Crippen molar-refractivity contribution in [2.24, 2.45) is 0 Å². The molecular weight excluding hydrogens is 371 g/mol. The number of benzene rings is 2. The molecular formula is C18H17FN4O3S. The van der Waals surface area contributed by atoms with Gasteiger partial charge in [0.1, 0.15) is 5.82 Å². The normalized spacial score (nSPS) is 11.2. The van der Waals surface area contributed by atoms with Gasteiger partial charge in [-0.1, -0.05) is 12.1 Å². The SMILES string of the molecule is CC(=O)Nc1ccc(S(=O)(=O)Nc2cnn(Cc3ccc(F)cc3)c2)cc1. The lowest BCUT2D eigenvalue weighted by atomic mass is 10.2. The molecule has 0 saturated heterocycles. The van der Waals surface area contributed by atoms with Crippen molar-refractivity contribution in [3.63, 3.8) is 0 Å². The lowest BCUT2D eigenvalue weighted by Gasteiger charge is -2.07. The number of rotatable bonds is 6. The summed E-state index contributed by atoms with van der Waals surface area (Å²) < 4.78 is 41.9. The number of amides is 1. The molecule has 0 fully saturated rings. The summed E-state index contributed by atoms with van der Waals surface area (Å²) in [5.74, 6) is -0.561. The Morgan fingerprint density at radius 3 is 2.37 bits per heavy atom. The maximum Gasteiger partial charge on any atom is 0.261 e. The zero-order chi connectivity index (χ0) is 19.4. The quantitative estimate of drug-likeness (QED) is 0.679. The number of sulfonamides is 1. The Labute approximate surface area is 155 Å². The first-order valence-electron chi connectivity index (χ1n) is 7.99. The highest BCUT2D eigenvalue weighted by molar-refractivity contribution is 7.92. The summed E-state index contributed by atoms with van der Waals surface area (Å²) >= 11 is 0. The monoisotopic (exact) mass is 388 g/mol. The van der Waals surface area contributed by atoms with E-state index < -0.39 is 10.0 Å². The number of halogens is 1. The maximum absolute atomic E-state index is 12.9. The summed E-state index contributed by atoms with van der Waals surface area (Å²) in [6.07, 6.45) is 2.94. The van der Waals surface area contributed by atoms with E-state index in [-0.39, 0.29) is 16.6 Å². The highest BCUT2D eigenvalue weighted by Gasteiger charge is 2.15. The number of carbonyl (C=O) groups is 1. The fraction of sp³-hybridized carbons (Fsp3) is 0.111. The summed E-state index contributed by atoms with van der Waals surface area (Å²) in [5, 5.41) is 6.68. The van der Waals surface area contributed by atoms with Gasteiger partial charge < -0.3 is 5.32 Å². The smallest absolute Gasteiger partial charge is 0.261 e. The molecule has 7 nitrogen and oxygen atoms in total. The van der Waals surface area contributed by atoms with E-state index in [1.165, 1.54) is 49.5 Å². The second-order valence-corrected chi connectivity index (χ2v) is 7.55. The molecule has 0 unspecified atom stereocenters. The van der Waals surface area contributed by atoms with Gasteiger partial charge in [-0.05, 0) is 42.0 Å². The predicted molar refractivity (Wildman–Crippen MR) is 99.3 cm³/mol. The van der Waals surface area contributed by atoms with Crippen LogP contribution in [0.1, 0.15) is 12.5 Å². The zero-order valence-corrected chi connectivity index (χ0v) is 15.2. The molecule has 0 atom stereocenters. The third-order valence-electron chi connectivity index (χ3n) is 3.63. The van der Waals surface area contributed by atoms with Gasteiger partial charge in [-0.25, -0.2) is 12.8 Å². The summed E-state index contributed by atoms with van der Waals surface area (Å²) in [5.41, 5.74) is 1.65. The molecule has 3 aromatic rings. The summed E-state index contributed by atoms with van der Waals surface area (Å²) in [6, 6.07) is 11.8. The fourth-order valence-electron chi connectivity index (χ4n) is 2.41. The Hall–Kier alpha value is -3.20. The summed E-state index contributed by atoms with van der Waals surface area (Å²) in [4.78, 5) is 11.1. The minimum atomic E-state index is -3.79. The number of nitrogens with one attached hydrogen (secondary N) is 2. The van der Waals surface area contributed by atoms with Crippen LogP contribution in [0.15, 0.2) is 65.8 Å². The molecule has 0 radical (unpaired) electrons. The van der Waals surface area contributed by atoms with Crippen LogP contribution in [0.25, 0.3) is 0 Å². The second kappa shape index (κ2) is 7.58. The van der Waals surface area contributed by atoms with Crippen LogP contribution in [-0.4, -0.2) is 24.1 Å². The van der Waals surface area contributed by atoms with E-state index in [0.29, 0.717) is 17.9 Å². The van der Waals surface area contributed by atoms with Crippen LogP contribution in [0.2, 0.25) is 0 Å². The minimum Gasteiger partial charge on any atom is -0.326 e. The zero-order valence-electron chi connectivity index (χ0n) is 14.4. The third kappa shape index (κ3) is 4.91. The Morgan fingerprint density at radius 2 is 1.74 bits per heavy atom. The lowest BCUT2D eigenvalue weighted by Crippen LogP contribution is -2.13. The van der Waals surface area contributed by atoms with Crippen molar-refractivity contribution in [3.8, 4) is 0 Å². The van der Waals surface area contributed by atoms with Crippen LogP contribution in [0.4, 0.5) is 15.8 Å². The number of anilines is 2. The molecule has 0 spiro atoms. The van der Waals surface area contributed by atoms with Gasteiger partial charge in [-0.3, -0.25) is 14.2 Å². The Morgan fingerprint density at radius 1 is 1.07 bits per heavy atom. The molecule has 0 aliphatic rings. The minimum absolute atomic E-state index is 0.0582. The molecule has 140 valence electrons. The molecule has 3 rings (SSSR count). The average molecular weight is 388 g/mol. The number of hydrogen-bond acceptors (Lipinski definition) is 4. The molecule has 1 heterocycles. The highest BCUT2D eigenvalue weighted by Crippen LogP contribution is 2.18. The fourth-order valence-corrected chi connectivity index (χ4v) is 3.44. The Balaban J connectivity index is 1.69. The molecule has 9 heteroatoms. The first-order valence-corrected chi connectivity index (χ1v) is 9.47. The van der Waals surface area contributed by atoms with Gasteiger partial charge >= 0.3 is 0 Å². The number of aromatic nitrogens is 2. The van der Waals surface area contributed by atoms with E-state index in [0.717, 1.165) is 5.56 Å². The van der Waals surface area contributed by atoms with Crippen molar-refractivity contribution in [1.82, 2.24) is 9.78 Å². The van der Waals surface area contributed by atoms with Crippen molar-refractivity contribution in [2.45, 2.75) is 18.4 Å². The Kier molecular flexibility index (Phi) is 5.22. The summed E-state index contributed by atoms with van der Waals surface area (Å²) in [7, 11) is -3.79. The van der Waals surface area contributed by atoms with Crippen LogP contribution in [0.3, 0.4) is 0 Å². The van der Waals surface area contributed by atoms with Gasteiger partial charge in [0.05, 0.1) is 23.3 Å². The molecule has 27 heavy (non-hydrogen) atoms. The molecule has 0 aliphatic carbocycles. The maximum atomic E-state index is 12.9. The third-order valence-corrected chi connectivity index (χ3v) is 5.03. The molecule has 1 amide bonds. The number of carbonyl (C=O) groups excluding carboxylic acids is 1. The molecule has 1 aromatic heterocycles. The van der Waals surface area contributed by atoms with Crippen LogP contribution in [0, 0.1) is 5.82 Å². The van der Waals surface area contributed by atoms with Crippen molar-refractivity contribution < 1.29 is 17.6 Å². The predicted octanol–water partition coefficient (Wildman–Crippen LogP) is 2.83. The lowest BCUT2D eigenvalue weighted by molar-refractivity contribution is -0.114. The number of hydrogen-bond donors (Lipinski definition) is 2. The highest BCUT2D eigenvalue weighted by atomic mass is 32.2. The molecule has 2 aromatic carbocycles. The van der Waals surface area contributed by atoms with E-state index >= 15 is 0 Å². The standard InChI is InChI=1S/C18H17FN4O3S/c1-13(24)21-16-6-8-18(9-7-16)27(25,26)22-17-10-20-23(12-17)11-14-2-4-15(19)5-3-14/h2-10,12,22H,11H2,1H3,(H,21,24). The van der Waals surface area contributed by atoms with Crippen LogP contribution >= 0.6 is 0 Å².